The van der Waals surface area contributed by atoms with E-state index in [-0.39, 0.29) is 5.91 Å². The Morgan fingerprint density at radius 3 is 3.07 bits per heavy atom. The first-order valence-corrected chi connectivity index (χ1v) is 5.09. The van der Waals surface area contributed by atoms with Gasteiger partial charge in [0.25, 0.3) is 0 Å². The van der Waals surface area contributed by atoms with E-state index in [0.29, 0.717) is 18.9 Å². The first-order valence-electron chi connectivity index (χ1n) is 5.09. The highest BCUT2D eigenvalue weighted by molar-refractivity contribution is 5.76. The van der Waals surface area contributed by atoms with Crippen molar-refractivity contribution in [2.75, 3.05) is 0 Å². The molecule has 1 aromatic rings. The third kappa shape index (κ3) is 2.34. The van der Waals surface area contributed by atoms with Crippen LogP contribution in [0.4, 0.5) is 0 Å². The van der Waals surface area contributed by atoms with Gasteiger partial charge in [-0.2, -0.15) is 5.10 Å². The second kappa shape index (κ2) is 4.26. The molecular formula is C10H15N3O. The van der Waals surface area contributed by atoms with Crippen molar-refractivity contribution in [3.63, 3.8) is 0 Å². The maximum atomic E-state index is 11.4. The van der Waals surface area contributed by atoms with Gasteiger partial charge in [0.1, 0.15) is 0 Å². The van der Waals surface area contributed by atoms with Gasteiger partial charge in [0.15, 0.2) is 0 Å². The van der Waals surface area contributed by atoms with Crippen LogP contribution in [0.25, 0.3) is 0 Å². The van der Waals surface area contributed by atoms with Crippen molar-refractivity contribution < 1.29 is 4.79 Å². The van der Waals surface area contributed by atoms with Crippen molar-refractivity contribution in [1.29, 1.82) is 0 Å². The number of aromatic nitrogens is 2. The maximum absolute atomic E-state index is 11.4. The fourth-order valence-electron chi connectivity index (χ4n) is 1.61. The summed E-state index contributed by atoms with van der Waals surface area (Å²) >= 11 is 0. The molecule has 0 saturated heterocycles. The van der Waals surface area contributed by atoms with E-state index in [2.05, 4.69) is 15.5 Å². The minimum atomic E-state index is 0.163. The van der Waals surface area contributed by atoms with Gasteiger partial charge in [0, 0.05) is 24.7 Å². The number of nitrogens with one attached hydrogen (secondary N) is 2. The highest BCUT2D eigenvalue weighted by Crippen LogP contribution is 2.29. The first-order chi connectivity index (χ1) is 6.84. The molecule has 2 rings (SSSR count). The SMILES string of the molecule is O=C(CC1CCC1)NCc1cn[nH]c1. The third-order valence-electron chi connectivity index (χ3n) is 2.74. The molecule has 14 heavy (non-hydrogen) atoms. The first kappa shape index (κ1) is 9.24. The zero-order valence-electron chi connectivity index (χ0n) is 8.12. The minimum absolute atomic E-state index is 0.163. The molecule has 1 amide bonds. The van der Waals surface area contributed by atoms with Crippen molar-refractivity contribution >= 4 is 5.91 Å². The van der Waals surface area contributed by atoms with Crippen molar-refractivity contribution in [2.24, 2.45) is 5.92 Å². The quantitative estimate of drug-likeness (QED) is 0.755. The Bertz CT molecular complexity index is 290. The van der Waals surface area contributed by atoms with E-state index in [1.54, 1.807) is 12.4 Å². The smallest absolute Gasteiger partial charge is 0.220 e. The van der Waals surface area contributed by atoms with Gasteiger partial charge < -0.3 is 5.32 Å². The van der Waals surface area contributed by atoms with E-state index in [9.17, 15) is 4.79 Å². The molecule has 0 aromatic carbocycles. The lowest BCUT2D eigenvalue weighted by Gasteiger charge is -2.24. The highest BCUT2D eigenvalue weighted by atomic mass is 16.1. The van der Waals surface area contributed by atoms with Crippen molar-refractivity contribution in [2.45, 2.75) is 32.2 Å². The molecule has 1 aromatic heterocycles. The Labute approximate surface area is 83.1 Å². The standard InChI is InChI=1S/C10H15N3O/c14-10(4-8-2-1-3-8)11-5-9-6-12-13-7-9/h6-8H,1-5H2,(H,11,14)(H,12,13). The third-order valence-corrected chi connectivity index (χ3v) is 2.74. The largest absolute Gasteiger partial charge is 0.352 e. The molecule has 1 aliphatic carbocycles. The summed E-state index contributed by atoms with van der Waals surface area (Å²) in [6, 6.07) is 0. The Kier molecular flexibility index (Phi) is 2.81. The number of carbonyl (C=O) groups is 1. The monoisotopic (exact) mass is 193 g/mol. The van der Waals surface area contributed by atoms with Gasteiger partial charge in [-0.3, -0.25) is 9.89 Å². The van der Waals surface area contributed by atoms with Gasteiger partial charge in [0.2, 0.25) is 5.91 Å². The van der Waals surface area contributed by atoms with E-state index >= 15 is 0 Å². The van der Waals surface area contributed by atoms with Crippen LogP contribution in [-0.2, 0) is 11.3 Å². The number of carbonyl (C=O) groups excluding carboxylic acids is 1. The lowest BCUT2D eigenvalue weighted by atomic mass is 9.83. The predicted molar refractivity (Wildman–Crippen MR) is 52.4 cm³/mol. The van der Waals surface area contributed by atoms with Crippen LogP contribution in [0.1, 0.15) is 31.2 Å². The van der Waals surface area contributed by atoms with Crippen molar-refractivity contribution in [1.82, 2.24) is 15.5 Å². The average Bonchev–Trinajstić information content (AvgIpc) is 2.60. The molecule has 1 fully saturated rings. The molecule has 4 nitrogen and oxygen atoms in total. The molecule has 0 aliphatic heterocycles. The summed E-state index contributed by atoms with van der Waals surface area (Å²) in [6.45, 7) is 0.585. The molecule has 0 atom stereocenters. The van der Waals surface area contributed by atoms with E-state index < -0.39 is 0 Å². The Hall–Kier alpha value is -1.32. The fraction of sp³-hybridized carbons (Fsp3) is 0.600. The molecule has 0 radical (unpaired) electrons. The van der Waals surface area contributed by atoms with Crippen LogP contribution in [0.5, 0.6) is 0 Å². The Morgan fingerprint density at radius 1 is 1.64 bits per heavy atom. The number of amides is 1. The number of H-pyrrole nitrogens is 1. The highest BCUT2D eigenvalue weighted by Gasteiger charge is 2.20. The maximum Gasteiger partial charge on any atom is 0.220 e. The number of hydrogen-bond donors (Lipinski definition) is 2. The number of hydrogen-bond acceptors (Lipinski definition) is 2. The van der Waals surface area contributed by atoms with Crippen LogP contribution in [0.15, 0.2) is 12.4 Å². The number of rotatable bonds is 4. The lowest BCUT2D eigenvalue weighted by Crippen LogP contribution is -2.27. The molecule has 1 heterocycles. The zero-order valence-corrected chi connectivity index (χ0v) is 8.12. The molecule has 4 heteroatoms. The van der Waals surface area contributed by atoms with Gasteiger partial charge in [-0.25, -0.2) is 0 Å². The summed E-state index contributed by atoms with van der Waals surface area (Å²) in [7, 11) is 0. The molecule has 76 valence electrons. The summed E-state index contributed by atoms with van der Waals surface area (Å²) in [5.41, 5.74) is 1.02. The van der Waals surface area contributed by atoms with Crippen LogP contribution < -0.4 is 5.32 Å². The van der Waals surface area contributed by atoms with Crippen molar-refractivity contribution in [3.05, 3.63) is 18.0 Å². The van der Waals surface area contributed by atoms with Gasteiger partial charge in [-0.15, -0.1) is 0 Å². The van der Waals surface area contributed by atoms with Crippen LogP contribution in [0.2, 0.25) is 0 Å². The van der Waals surface area contributed by atoms with Gasteiger partial charge in [-0.05, 0) is 18.8 Å². The fourth-order valence-corrected chi connectivity index (χ4v) is 1.61. The molecule has 1 saturated carbocycles. The van der Waals surface area contributed by atoms with Gasteiger partial charge >= 0.3 is 0 Å². The molecule has 0 unspecified atom stereocenters. The number of nitrogens with zero attached hydrogens (tertiary/aromatic N) is 1. The summed E-state index contributed by atoms with van der Waals surface area (Å²) in [5.74, 6) is 0.801. The predicted octanol–water partition coefficient (Wildman–Crippen LogP) is 1.22. The summed E-state index contributed by atoms with van der Waals surface area (Å²) in [5, 5.41) is 9.41. The van der Waals surface area contributed by atoms with E-state index in [1.165, 1.54) is 19.3 Å². The number of aromatic amines is 1. The topological polar surface area (TPSA) is 57.8 Å². The van der Waals surface area contributed by atoms with Gasteiger partial charge in [0.05, 0.1) is 6.20 Å². The molecule has 0 spiro atoms. The minimum Gasteiger partial charge on any atom is -0.352 e. The summed E-state index contributed by atoms with van der Waals surface area (Å²) in [6.07, 6.45) is 7.95. The van der Waals surface area contributed by atoms with Crippen LogP contribution in [-0.4, -0.2) is 16.1 Å². The van der Waals surface area contributed by atoms with E-state index in [1.807, 2.05) is 0 Å². The van der Waals surface area contributed by atoms with Crippen LogP contribution in [0.3, 0.4) is 0 Å². The molecule has 0 bridgehead atoms. The van der Waals surface area contributed by atoms with Crippen molar-refractivity contribution in [3.8, 4) is 0 Å². The van der Waals surface area contributed by atoms with Crippen LogP contribution in [0, 0.1) is 5.92 Å². The summed E-state index contributed by atoms with van der Waals surface area (Å²) < 4.78 is 0. The Morgan fingerprint density at radius 2 is 2.50 bits per heavy atom. The van der Waals surface area contributed by atoms with E-state index in [0.717, 1.165) is 5.56 Å². The second-order valence-electron chi connectivity index (χ2n) is 3.88. The lowest BCUT2D eigenvalue weighted by molar-refractivity contribution is -0.122. The zero-order chi connectivity index (χ0) is 9.80. The molecule has 2 N–H and O–H groups in total. The average molecular weight is 193 g/mol. The molecular weight excluding hydrogens is 178 g/mol. The second-order valence-corrected chi connectivity index (χ2v) is 3.88. The normalized spacial score (nSPS) is 16.3. The molecule has 1 aliphatic rings. The summed E-state index contributed by atoms with van der Waals surface area (Å²) in [4.78, 5) is 11.4. The van der Waals surface area contributed by atoms with Crippen LogP contribution >= 0.6 is 0 Å². The van der Waals surface area contributed by atoms with E-state index in [4.69, 9.17) is 0 Å². The Balaban J connectivity index is 1.67. The van der Waals surface area contributed by atoms with Gasteiger partial charge in [-0.1, -0.05) is 6.42 Å².